The van der Waals surface area contributed by atoms with E-state index >= 15 is 0 Å². The number of anilines is 2. The molecule has 0 bridgehead atoms. The highest BCUT2D eigenvalue weighted by Crippen LogP contribution is 2.41. The van der Waals surface area contributed by atoms with E-state index in [9.17, 15) is 9.18 Å². The lowest BCUT2D eigenvalue weighted by atomic mass is 9.73. The normalized spacial score (nSPS) is 23.0. The number of ether oxygens (including phenoxy) is 2. The topological polar surface area (TPSA) is 76.6 Å². The summed E-state index contributed by atoms with van der Waals surface area (Å²) in [6, 6.07) is 8.36. The van der Waals surface area contributed by atoms with Gasteiger partial charge in [0.05, 0.1) is 35.0 Å². The Kier molecular flexibility index (Phi) is 6.51. The maximum atomic E-state index is 14.5. The number of benzene rings is 2. The maximum absolute atomic E-state index is 14.5. The van der Waals surface area contributed by atoms with Crippen LogP contribution in [0.25, 0.3) is 10.9 Å². The number of halogens is 2. The van der Waals surface area contributed by atoms with E-state index in [1.54, 1.807) is 25.3 Å². The second-order valence-electron chi connectivity index (χ2n) is 9.27. The van der Waals surface area contributed by atoms with Crippen LogP contribution in [0.5, 0.6) is 11.5 Å². The van der Waals surface area contributed by atoms with Crippen molar-refractivity contribution in [2.75, 3.05) is 26.0 Å². The first-order chi connectivity index (χ1) is 16.9. The van der Waals surface area contributed by atoms with Gasteiger partial charge in [-0.2, -0.15) is 0 Å². The van der Waals surface area contributed by atoms with E-state index in [1.807, 2.05) is 6.07 Å². The monoisotopic (exact) mass is 498 g/mol. The molecule has 1 N–H and O–H groups in total. The zero-order valence-electron chi connectivity index (χ0n) is 19.8. The molecule has 0 amide bonds. The van der Waals surface area contributed by atoms with Crippen molar-refractivity contribution in [2.24, 2.45) is 0 Å². The summed E-state index contributed by atoms with van der Waals surface area (Å²) in [5.41, 5.74) is 0.498. The van der Waals surface area contributed by atoms with Crippen molar-refractivity contribution in [3.63, 3.8) is 0 Å². The van der Waals surface area contributed by atoms with Crippen LogP contribution < -0.4 is 14.8 Å². The number of hydrogen-bond donors (Lipinski definition) is 1. The molecule has 1 saturated heterocycles. The molecule has 2 aliphatic rings. The fourth-order valence-electron chi connectivity index (χ4n) is 5.31. The summed E-state index contributed by atoms with van der Waals surface area (Å²) in [5, 5.41) is 3.71. The summed E-state index contributed by atoms with van der Waals surface area (Å²) in [4.78, 5) is 23.7. The van der Waals surface area contributed by atoms with E-state index in [0.717, 1.165) is 38.6 Å². The molecule has 9 heteroatoms. The summed E-state index contributed by atoms with van der Waals surface area (Å²) in [6.45, 7) is 0.957. The van der Waals surface area contributed by atoms with E-state index in [-0.39, 0.29) is 22.4 Å². The van der Waals surface area contributed by atoms with Crippen molar-refractivity contribution < 1.29 is 18.7 Å². The van der Waals surface area contributed by atoms with Crippen LogP contribution in [-0.2, 0) is 4.79 Å². The highest BCUT2D eigenvalue weighted by Gasteiger charge is 2.46. The van der Waals surface area contributed by atoms with Crippen molar-refractivity contribution >= 4 is 39.8 Å². The number of rotatable bonds is 5. The minimum absolute atomic E-state index is 0.0243. The molecule has 1 aliphatic carbocycles. The number of likely N-dealkylation sites (tertiary alicyclic amines) is 1. The summed E-state index contributed by atoms with van der Waals surface area (Å²) in [5.74, 6) is 1.36. The molecule has 1 aromatic heterocycles. The SMILES string of the molecule is COc1cc2ncnc(Nc3cccc(Cl)c3F)c2cc1O[C@H]1CC[C@]2(CC1)C(=O)CCCN2C. The van der Waals surface area contributed by atoms with E-state index in [2.05, 4.69) is 27.2 Å². The average Bonchev–Trinajstić information content (AvgIpc) is 2.86. The third-order valence-corrected chi connectivity index (χ3v) is 7.62. The van der Waals surface area contributed by atoms with Gasteiger partial charge in [0.15, 0.2) is 23.1 Å². The Balaban J connectivity index is 1.41. The molecule has 0 radical (unpaired) electrons. The number of hydrogen-bond acceptors (Lipinski definition) is 7. The van der Waals surface area contributed by atoms with E-state index in [1.165, 1.54) is 12.4 Å². The molecular weight excluding hydrogens is 471 g/mol. The Morgan fingerprint density at radius 1 is 1.20 bits per heavy atom. The minimum atomic E-state index is -0.552. The summed E-state index contributed by atoms with van der Waals surface area (Å²) >= 11 is 5.94. The zero-order chi connectivity index (χ0) is 24.6. The van der Waals surface area contributed by atoms with Crippen molar-refractivity contribution in [3.05, 3.63) is 47.5 Å². The van der Waals surface area contributed by atoms with Crippen LogP contribution in [0.1, 0.15) is 38.5 Å². The molecule has 1 aliphatic heterocycles. The van der Waals surface area contributed by atoms with Crippen LogP contribution in [0, 0.1) is 5.82 Å². The average molecular weight is 499 g/mol. The van der Waals surface area contributed by atoms with E-state index in [4.69, 9.17) is 21.1 Å². The number of fused-ring (bicyclic) bond motifs is 1. The molecule has 2 heterocycles. The van der Waals surface area contributed by atoms with Crippen LogP contribution in [0.2, 0.25) is 5.02 Å². The predicted octanol–water partition coefficient (Wildman–Crippen LogP) is 5.53. The van der Waals surface area contributed by atoms with Crippen molar-refractivity contribution in [3.8, 4) is 11.5 Å². The Morgan fingerprint density at radius 3 is 2.74 bits per heavy atom. The molecule has 184 valence electrons. The number of methoxy groups -OCH3 is 1. The predicted molar refractivity (Wildman–Crippen MR) is 133 cm³/mol. The molecule has 1 spiro atoms. The first-order valence-electron chi connectivity index (χ1n) is 11.9. The lowest BCUT2D eigenvalue weighted by Crippen LogP contribution is -2.58. The van der Waals surface area contributed by atoms with Crippen LogP contribution >= 0.6 is 11.6 Å². The van der Waals surface area contributed by atoms with Gasteiger partial charge in [0.2, 0.25) is 0 Å². The van der Waals surface area contributed by atoms with Crippen molar-refractivity contribution in [1.29, 1.82) is 0 Å². The highest BCUT2D eigenvalue weighted by atomic mass is 35.5. The second kappa shape index (κ2) is 9.59. The number of nitrogens with zero attached hydrogens (tertiary/aromatic N) is 3. The number of Topliss-reactive ketones (excluding diaryl/α,β-unsaturated/α-hetero) is 1. The highest BCUT2D eigenvalue weighted by molar-refractivity contribution is 6.31. The number of likely N-dealkylation sites (N-methyl/N-ethyl adjacent to an activating group) is 1. The fourth-order valence-corrected chi connectivity index (χ4v) is 5.48. The molecular formula is C26H28ClFN4O3. The molecule has 2 fully saturated rings. The van der Waals surface area contributed by atoms with Gasteiger partial charge < -0.3 is 14.8 Å². The van der Waals surface area contributed by atoms with Gasteiger partial charge in [0.25, 0.3) is 0 Å². The van der Waals surface area contributed by atoms with Crippen molar-refractivity contribution in [2.45, 2.75) is 50.2 Å². The summed E-state index contributed by atoms with van der Waals surface area (Å²) < 4.78 is 26.5. The molecule has 1 saturated carbocycles. The number of nitrogens with one attached hydrogen (secondary N) is 1. The molecule has 5 rings (SSSR count). The Labute approximate surface area is 208 Å². The summed E-state index contributed by atoms with van der Waals surface area (Å²) in [6.07, 6.45) is 6.09. The number of carbonyl (C=O) groups excluding carboxylic acids is 1. The first kappa shape index (κ1) is 23.8. The second-order valence-corrected chi connectivity index (χ2v) is 9.67. The van der Waals surface area contributed by atoms with Gasteiger partial charge in [0, 0.05) is 17.9 Å². The smallest absolute Gasteiger partial charge is 0.165 e. The lowest BCUT2D eigenvalue weighted by molar-refractivity contribution is -0.137. The third-order valence-electron chi connectivity index (χ3n) is 7.33. The van der Waals surface area contributed by atoms with Crippen LogP contribution in [-0.4, -0.2) is 53.0 Å². The van der Waals surface area contributed by atoms with Gasteiger partial charge >= 0.3 is 0 Å². The standard InChI is InChI=1S/C26H28ClFN4O3/c1-32-12-4-7-23(33)26(32)10-8-16(9-11-26)35-22-13-17-20(14-21(22)34-2)29-15-30-25(17)31-19-6-3-5-18(27)24(19)28/h3,5-6,13-16H,4,7-12H2,1-2H3,(H,29,30,31)/t16-,26-. The molecule has 3 aromatic rings. The maximum Gasteiger partial charge on any atom is 0.165 e. The van der Waals surface area contributed by atoms with E-state index < -0.39 is 5.82 Å². The number of piperidine rings is 1. The molecule has 2 aromatic carbocycles. The molecule has 0 atom stereocenters. The van der Waals surface area contributed by atoms with Crippen LogP contribution in [0.3, 0.4) is 0 Å². The number of ketones is 1. The Hall–Kier alpha value is -2.97. The van der Waals surface area contributed by atoms with Crippen LogP contribution in [0.4, 0.5) is 15.9 Å². The van der Waals surface area contributed by atoms with Gasteiger partial charge in [-0.15, -0.1) is 0 Å². The first-order valence-corrected chi connectivity index (χ1v) is 12.2. The molecule has 7 nitrogen and oxygen atoms in total. The third kappa shape index (κ3) is 4.41. The van der Waals surface area contributed by atoms with Gasteiger partial charge in [-0.25, -0.2) is 14.4 Å². The van der Waals surface area contributed by atoms with Gasteiger partial charge in [-0.1, -0.05) is 17.7 Å². The van der Waals surface area contributed by atoms with Crippen molar-refractivity contribution in [1.82, 2.24) is 14.9 Å². The number of carbonyl (C=O) groups is 1. The molecule has 35 heavy (non-hydrogen) atoms. The van der Waals surface area contributed by atoms with Crippen LogP contribution in [0.15, 0.2) is 36.7 Å². The number of aromatic nitrogens is 2. The quantitative estimate of drug-likeness (QED) is 0.495. The zero-order valence-corrected chi connectivity index (χ0v) is 20.6. The summed E-state index contributed by atoms with van der Waals surface area (Å²) in [7, 11) is 3.64. The fraction of sp³-hybridized carbons (Fsp3) is 0.423. The Morgan fingerprint density at radius 2 is 2.00 bits per heavy atom. The van der Waals surface area contributed by atoms with E-state index in [0.29, 0.717) is 40.4 Å². The van der Waals surface area contributed by atoms with Gasteiger partial charge in [-0.05, 0) is 63.9 Å². The minimum Gasteiger partial charge on any atom is -0.493 e. The lowest BCUT2D eigenvalue weighted by Gasteiger charge is -2.47. The molecule has 0 unspecified atom stereocenters. The van der Waals surface area contributed by atoms with Gasteiger partial charge in [0.1, 0.15) is 12.1 Å². The van der Waals surface area contributed by atoms with Gasteiger partial charge in [-0.3, -0.25) is 9.69 Å². The largest absolute Gasteiger partial charge is 0.493 e. The Bertz CT molecular complexity index is 1260.